The van der Waals surface area contributed by atoms with Crippen LogP contribution in [0.4, 0.5) is 0 Å². The van der Waals surface area contributed by atoms with E-state index in [-0.39, 0.29) is 18.6 Å². The Balaban J connectivity index is 0. The number of nitrogens with two attached hydrogens (primary N) is 2. The largest absolute Gasteiger partial charge is 0.481 e. The Hall–Kier alpha value is -1.28. The van der Waals surface area contributed by atoms with Crippen LogP contribution in [0.15, 0.2) is 0 Å². The fourth-order valence-corrected chi connectivity index (χ4v) is 0.464. The van der Waals surface area contributed by atoms with Crippen molar-refractivity contribution < 1.29 is 24.6 Å². The molecule has 0 aliphatic carbocycles. The highest BCUT2D eigenvalue weighted by molar-refractivity contribution is 7.80. The number of carbonyl (C=O) groups excluding carboxylic acids is 1. The van der Waals surface area contributed by atoms with E-state index in [1.54, 1.807) is 0 Å². The standard InChI is InChI=1S/C4H7NO3.C3H7NO2S/c5-3(6)1-2-4(7)8;4-2(1-7)3(5)6/h1-2H2,(H2,5,6)(H,7,8);2,7H,1,4H2,(H,5,6)/t;2-/m.0/s1. The molecule has 6 N–H and O–H groups in total. The average Bonchev–Trinajstić information content (AvgIpc) is 2.14. The van der Waals surface area contributed by atoms with Crippen LogP contribution in [0.3, 0.4) is 0 Å². The normalized spacial score (nSPS) is 10.8. The monoisotopic (exact) mass is 238 g/mol. The molecule has 0 bridgehead atoms. The van der Waals surface area contributed by atoms with Crippen LogP contribution >= 0.6 is 12.6 Å². The van der Waals surface area contributed by atoms with Gasteiger partial charge in [0, 0.05) is 12.2 Å². The van der Waals surface area contributed by atoms with E-state index in [1.165, 1.54) is 0 Å². The van der Waals surface area contributed by atoms with Gasteiger partial charge in [0.05, 0.1) is 6.42 Å². The second-order valence-corrected chi connectivity index (χ2v) is 2.85. The third kappa shape index (κ3) is 15.5. The van der Waals surface area contributed by atoms with Crippen LogP contribution in [0.2, 0.25) is 0 Å². The minimum atomic E-state index is -1.00. The average molecular weight is 238 g/mol. The Morgan fingerprint density at radius 1 is 1.20 bits per heavy atom. The van der Waals surface area contributed by atoms with Gasteiger partial charge in [-0.25, -0.2) is 0 Å². The Bertz CT molecular complexity index is 219. The zero-order valence-electron chi connectivity index (χ0n) is 7.92. The van der Waals surface area contributed by atoms with Gasteiger partial charge in [0.1, 0.15) is 6.04 Å². The molecule has 0 saturated carbocycles. The maximum absolute atomic E-state index is 9.86. The first-order valence-electron chi connectivity index (χ1n) is 3.90. The van der Waals surface area contributed by atoms with Gasteiger partial charge in [0.15, 0.2) is 0 Å². The lowest BCUT2D eigenvalue weighted by atomic mass is 10.3. The van der Waals surface area contributed by atoms with Gasteiger partial charge in [-0.3, -0.25) is 14.4 Å². The van der Waals surface area contributed by atoms with Gasteiger partial charge in [-0.15, -0.1) is 0 Å². The van der Waals surface area contributed by atoms with Crippen molar-refractivity contribution in [3.05, 3.63) is 0 Å². The van der Waals surface area contributed by atoms with E-state index in [9.17, 15) is 14.4 Å². The molecule has 0 saturated heterocycles. The number of carbonyl (C=O) groups is 3. The Morgan fingerprint density at radius 3 is 1.73 bits per heavy atom. The molecule has 0 aromatic carbocycles. The quantitative estimate of drug-likeness (QED) is 0.375. The zero-order valence-corrected chi connectivity index (χ0v) is 8.81. The molecule has 0 unspecified atom stereocenters. The molecule has 1 amide bonds. The van der Waals surface area contributed by atoms with E-state index in [4.69, 9.17) is 15.9 Å². The van der Waals surface area contributed by atoms with E-state index >= 15 is 0 Å². The van der Waals surface area contributed by atoms with Gasteiger partial charge >= 0.3 is 11.9 Å². The number of primary amides is 1. The molecule has 0 spiro atoms. The van der Waals surface area contributed by atoms with Gasteiger partial charge in [0.2, 0.25) is 5.91 Å². The van der Waals surface area contributed by atoms with Crippen LogP contribution in [0.5, 0.6) is 0 Å². The first kappa shape index (κ1) is 16.2. The number of aliphatic carboxylic acids is 2. The lowest BCUT2D eigenvalue weighted by molar-refractivity contribution is -0.139. The van der Waals surface area contributed by atoms with E-state index in [2.05, 4.69) is 18.4 Å². The summed E-state index contributed by atoms with van der Waals surface area (Å²) < 4.78 is 0. The van der Waals surface area contributed by atoms with Crippen molar-refractivity contribution in [1.82, 2.24) is 0 Å². The van der Waals surface area contributed by atoms with Crippen molar-refractivity contribution >= 4 is 30.5 Å². The van der Waals surface area contributed by atoms with Crippen molar-refractivity contribution in [2.45, 2.75) is 18.9 Å². The van der Waals surface area contributed by atoms with E-state index < -0.39 is 23.9 Å². The molecule has 15 heavy (non-hydrogen) atoms. The van der Waals surface area contributed by atoms with Crippen LogP contribution in [0.25, 0.3) is 0 Å². The summed E-state index contributed by atoms with van der Waals surface area (Å²) in [4.78, 5) is 29.3. The number of amides is 1. The number of carboxylic acids is 2. The molecule has 7 nitrogen and oxygen atoms in total. The first-order valence-corrected chi connectivity index (χ1v) is 4.53. The van der Waals surface area contributed by atoms with Crippen LogP contribution in [-0.4, -0.2) is 39.9 Å². The summed E-state index contributed by atoms with van der Waals surface area (Å²) in [5, 5.41) is 16.0. The molecule has 0 rings (SSSR count). The minimum absolute atomic E-state index is 0.0741. The summed E-state index contributed by atoms with van der Waals surface area (Å²) in [7, 11) is 0. The Kier molecular flexibility index (Phi) is 10.0. The molecule has 0 aliphatic heterocycles. The van der Waals surface area contributed by atoms with Gasteiger partial charge < -0.3 is 21.7 Å². The van der Waals surface area contributed by atoms with Crippen molar-refractivity contribution in [2.75, 3.05) is 5.75 Å². The SMILES string of the molecule is NC(=O)CCC(=O)O.N[C@@H](CS)C(=O)O. The summed E-state index contributed by atoms with van der Waals surface area (Å²) in [6.07, 6.45) is -0.245. The minimum Gasteiger partial charge on any atom is -0.481 e. The summed E-state index contributed by atoms with van der Waals surface area (Å²) in [6, 6.07) is -0.816. The van der Waals surface area contributed by atoms with E-state index in [1.807, 2.05) is 0 Å². The van der Waals surface area contributed by atoms with Crippen molar-refractivity contribution in [1.29, 1.82) is 0 Å². The lowest BCUT2D eigenvalue weighted by Gasteiger charge is -1.96. The van der Waals surface area contributed by atoms with Crippen LogP contribution in [-0.2, 0) is 14.4 Å². The highest BCUT2D eigenvalue weighted by atomic mass is 32.1. The fourth-order valence-electron chi connectivity index (χ4n) is 0.308. The molecule has 0 aliphatic rings. The van der Waals surface area contributed by atoms with Crippen LogP contribution in [0, 0.1) is 0 Å². The van der Waals surface area contributed by atoms with Crippen LogP contribution < -0.4 is 11.5 Å². The molecular weight excluding hydrogens is 224 g/mol. The van der Waals surface area contributed by atoms with Gasteiger partial charge in [-0.05, 0) is 0 Å². The molecule has 0 heterocycles. The topological polar surface area (TPSA) is 144 Å². The summed E-state index contributed by atoms with van der Waals surface area (Å²) in [6.45, 7) is 0. The second-order valence-electron chi connectivity index (χ2n) is 2.49. The molecule has 88 valence electrons. The third-order valence-electron chi connectivity index (χ3n) is 1.10. The number of carboxylic acid groups (broad SMARTS) is 2. The maximum atomic E-state index is 9.86. The van der Waals surface area contributed by atoms with Crippen molar-refractivity contribution in [3.63, 3.8) is 0 Å². The van der Waals surface area contributed by atoms with Crippen LogP contribution in [0.1, 0.15) is 12.8 Å². The molecule has 8 heteroatoms. The van der Waals surface area contributed by atoms with Crippen molar-refractivity contribution in [2.24, 2.45) is 11.5 Å². The summed E-state index contributed by atoms with van der Waals surface area (Å²) in [5.74, 6) is -2.39. The smallest absolute Gasteiger partial charge is 0.321 e. The van der Waals surface area contributed by atoms with Crippen molar-refractivity contribution in [3.8, 4) is 0 Å². The lowest BCUT2D eigenvalue weighted by Crippen LogP contribution is -2.31. The number of hydrogen-bond donors (Lipinski definition) is 5. The fraction of sp³-hybridized carbons (Fsp3) is 0.571. The molecule has 0 aromatic rings. The summed E-state index contributed by atoms with van der Waals surface area (Å²) in [5.41, 5.74) is 9.58. The second kappa shape index (κ2) is 9.28. The highest BCUT2D eigenvalue weighted by Gasteiger charge is 2.06. The molecular formula is C7H14N2O5S. The predicted molar refractivity (Wildman–Crippen MR) is 55.5 cm³/mol. The van der Waals surface area contributed by atoms with E-state index in [0.29, 0.717) is 0 Å². The first-order chi connectivity index (χ1) is 6.81. The number of rotatable bonds is 5. The zero-order chi connectivity index (χ0) is 12.4. The molecule has 0 radical (unpaired) electrons. The van der Waals surface area contributed by atoms with Gasteiger partial charge in [-0.1, -0.05) is 0 Å². The van der Waals surface area contributed by atoms with Gasteiger partial charge in [-0.2, -0.15) is 12.6 Å². The molecule has 0 aromatic heterocycles. The maximum Gasteiger partial charge on any atom is 0.321 e. The molecule has 0 fully saturated rings. The Labute approximate surface area is 91.8 Å². The third-order valence-corrected chi connectivity index (χ3v) is 1.49. The van der Waals surface area contributed by atoms with Gasteiger partial charge in [0.25, 0.3) is 0 Å². The highest BCUT2D eigenvalue weighted by Crippen LogP contribution is 1.84. The molecule has 1 atom stereocenters. The predicted octanol–water partition coefficient (Wildman–Crippen LogP) is -1.34. The van der Waals surface area contributed by atoms with E-state index in [0.717, 1.165) is 0 Å². The Morgan fingerprint density at radius 2 is 1.67 bits per heavy atom. The summed E-state index contributed by atoms with van der Waals surface area (Å²) >= 11 is 3.65. The number of thiol groups is 1. The number of hydrogen-bond acceptors (Lipinski definition) is 5.